The molecule has 9 heteroatoms. The summed E-state index contributed by atoms with van der Waals surface area (Å²) >= 11 is 0. The Bertz CT molecular complexity index is 1240. The van der Waals surface area contributed by atoms with Crippen LogP contribution in [0.25, 0.3) is 0 Å². The number of aromatic carboxylic acids is 1. The molecule has 9 nitrogen and oxygen atoms in total. The summed E-state index contributed by atoms with van der Waals surface area (Å²) in [7, 11) is 4.83. The lowest BCUT2D eigenvalue weighted by Crippen LogP contribution is -2.21. The van der Waals surface area contributed by atoms with Crippen LogP contribution in [0.15, 0.2) is 60.7 Å². The number of hydrogen-bond donors (Lipinski definition) is 1. The van der Waals surface area contributed by atoms with Crippen molar-refractivity contribution in [1.82, 2.24) is 0 Å². The van der Waals surface area contributed by atoms with Crippen LogP contribution < -0.4 is 14.4 Å². The van der Waals surface area contributed by atoms with Crippen molar-refractivity contribution in [3.63, 3.8) is 0 Å². The fourth-order valence-corrected chi connectivity index (χ4v) is 3.61. The van der Waals surface area contributed by atoms with Crippen molar-refractivity contribution in [2.45, 2.75) is 6.42 Å². The second-order valence-corrected chi connectivity index (χ2v) is 7.50. The largest absolute Gasteiger partial charge is 0.493 e. The minimum Gasteiger partial charge on any atom is -0.493 e. The number of likely N-dealkylation sites (N-methyl/N-ethyl adjacent to an activating group) is 1. The highest BCUT2D eigenvalue weighted by Gasteiger charge is 2.23. The van der Waals surface area contributed by atoms with Crippen LogP contribution in [-0.4, -0.2) is 49.6 Å². The molecule has 3 aromatic carbocycles. The van der Waals surface area contributed by atoms with Crippen molar-refractivity contribution in [2.24, 2.45) is 0 Å². The molecule has 0 aliphatic carbocycles. The average Bonchev–Trinajstić information content (AvgIpc) is 2.86. The normalized spacial score (nSPS) is 10.4. The van der Waals surface area contributed by atoms with Gasteiger partial charge in [0, 0.05) is 30.8 Å². The molecule has 0 saturated carbocycles. The Hall–Kier alpha value is -4.40. The van der Waals surface area contributed by atoms with E-state index in [0.29, 0.717) is 30.2 Å². The molecule has 0 aliphatic heterocycles. The van der Waals surface area contributed by atoms with Gasteiger partial charge in [0.2, 0.25) is 0 Å². The van der Waals surface area contributed by atoms with E-state index in [-0.39, 0.29) is 22.4 Å². The molecule has 3 aromatic rings. The highest BCUT2D eigenvalue weighted by Crippen LogP contribution is 2.31. The Kier molecular flexibility index (Phi) is 7.47. The fraction of sp³-hybridized carbons (Fsp3) is 0.200. The number of nitro groups is 1. The second-order valence-electron chi connectivity index (χ2n) is 7.50. The van der Waals surface area contributed by atoms with Crippen molar-refractivity contribution in [2.75, 3.05) is 32.7 Å². The van der Waals surface area contributed by atoms with Gasteiger partial charge >= 0.3 is 5.97 Å². The number of carboxylic acids is 1. The number of anilines is 1. The van der Waals surface area contributed by atoms with E-state index in [1.165, 1.54) is 36.4 Å². The number of nitrogens with zero attached hydrogens (tertiary/aromatic N) is 2. The molecule has 0 aromatic heterocycles. The van der Waals surface area contributed by atoms with Gasteiger partial charge in [-0.25, -0.2) is 4.79 Å². The zero-order chi connectivity index (χ0) is 24.8. The third-order valence-electron chi connectivity index (χ3n) is 5.43. The standard InChI is InChI=1S/C25H24N2O7/c1-26(13-12-16-8-11-22(33-2)23(14-16)34-3)20-10-9-17(15-21(20)27(31)32)24(28)18-6-4-5-7-19(18)25(29)30/h4-11,14-15H,12-13H2,1-3H3,(H,29,30). The van der Waals surface area contributed by atoms with Gasteiger partial charge in [-0.15, -0.1) is 0 Å². The fourth-order valence-electron chi connectivity index (χ4n) is 3.61. The summed E-state index contributed by atoms with van der Waals surface area (Å²) in [4.78, 5) is 37.3. The summed E-state index contributed by atoms with van der Waals surface area (Å²) < 4.78 is 10.6. The van der Waals surface area contributed by atoms with E-state index in [4.69, 9.17) is 9.47 Å². The lowest BCUT2D eigenvalue weighted by atomic mass is 9.97. The molecule has 0 aliphatic rings. The SMILES string of the molecule is COc1ccc(CCN(C)c2ccc(C(=O)c3ccccc3C(=O)O)cc2[N+](=O)[O-])cc1OC. The molecule has 0 fully saturated rings. The van der Waals surface area contributed by atoms with E-state index in [1.807, 2.05) is 12.1 Å². The number of carbonyl (C=O) groups excluding carboxylic acids is 1. The number of nitro benzene ring substituents is 1. The molecule has 0 unspecified atom stereocenters. The van der Waals surface area contributed by atoms with Crippen molar-refractivity contribution in [3.05, 3.63) is 93.0 Å². The quantitative estimate of drug-likeness (QED) is 0.269. The van der Waals surface area contributed by atoms with Gasteiger partial charge in [0.1, 0.15) is 5.69 Å². The summed E-state index contributed by atoms with van der Waals surface area (Å²) in [6, 6.07) is 15.5. The number of methoxy groups -OCH3 is 2. The van der Waals surface area contributed by atoms with E-state index in [9.17, 15) is 24.8 Å². The number of hydrogen-bond acceptors (Lipinski definition) is 7. The molecular weight excluding hydrogens is 440 g/mol. The van der Waals surface area contributed by atoms with E-state index in [1.54, 1.807) is 38.3 Å². The monoisotopic (exact) mass is 464 g/mol. The van der Waals surface area contributed by atoms with Crippen LogP contribution in [0.4, 0.5) is 11.4 Å². The smallest absolute Gasteiger partial charge is 0.336 e. The van der Waals surface area contributed by atoms with Crippen LogP contribution in [0.2, 0.25) is 0 Å². The van der Waals surface area contributed by atoms with Gasteiger partial charge in [-0.05, 0) is 42.3 Å². The lowest BCUT2D eigenvalue weighted by Gasteiger charge is -2.20. The summed E-state index contributed by atoms with van der Waals surface area (Å²) in [6.07, 6.45) is 0.584. The van der Waals surface area contributed by atoms with E-state index < -0.39 is 16.7 Å². The van der Waals surface area contributed by atoms with Gasteiger partial charge in [0.15, 0.2) is 17.3 Å². The van der Waals surface area contributed by atoms with Crippen LogP contribution >= 0.6 is 0 Å². The molecular formula is C25H24N2O7. The van der Waals surface area contributed by atoms with Crippen LogP contribution in [0, 0.1) is 10.1 Å². The number of ether oxygens (including phenoxy) is 2. The van der Waals surface area contributed by atoms with Crippen LogP contribution in [0.1, 0.15) is 31.8 Å². The molecule has 0 atom stereocenters. The molecule has 0 spiro atoms. The van der Waals surface area contributed by atoms with Crippen LogP contribution in [0.5, 0.6) is 11.5 Å². The first-order valence-electron chi connectivity index (χ1n) is 10.3. The van der Waals surface area contributed by atoms with E-state index in [2.05, 4.69) is 0 Å². The topological polar surface area (TPSA) is 119 Å². The summed E-state index contributed by atoms with van der Waals surface area (Å²) in [5.74, 6) is -0.635. The maximum absolute atomic E-state index is 12.9. The van der Waals surface area contributed by atoms with Gasteiger partial charge in [-0.2, -0.15) is 0 Å². The zero-order valence-corrected chi connectivity index (χ0v) is 19.0. The van der Waals surface area contributed by atoms with Gasteiger partial charge < -0.3 is 19.5 Å². The van der Waals surface area contributed by atoms with Crippen molar-refractivity contribution >= 4 is 23.1 Å². The first-order chi connectivity index (χ1) is 16.3. The number of ketones is 1. The van der Waals surface area contributed by atoms with Crippen LogP contribution in [0.3, 0.4) is 0 Å². The van der Waals surface area contributed by atoms with Crippen molar-refractivity contribution in [1.29, 1.82) is 0 Å². The predicted octanol–water partition coefficient (Wildman–Crippen LogP) is 4.22. The summed E-state index contributed by atoms with van der Waals surface area (Å²) in [5.41, 5.74) is 0.911. The second kappa shape index (κ2) is 10.5. The Morgan fingerprint density at radius 1 is 0.971 bits per heavy atom. The minimum atomic E-state index is -1.25. The van der Waals surface area contributed by atoms with Gasteiger partial charge in [-0.1, -0.05) is 24.3 Å². The Labute approximate surface area is 196 Å². The predicted molar refractivity (Wildman–Crippen MR) is 126 cm³/mol. The average molecular weight is 464 g/mol. The molecule has 0 amide bonds. The molecule has 3 rings (SSSR count). The lowest BCUT2D eigenvalue weighted by molar-refractivity contribution is -0.384. The summed E-state index contributed by atoms with van der Waals surface area (Å²) in [5, 5.41) is 21.1. The molecule has 0 bridgehead atoms. The number of rotatable bonds is 10. The molecule has 0 radical (unpaired) electrons. The third kappa shape index (κ3) is 5.15. The van der Waals surface area contributed by atoms with Crippen LogP contribution in [-0.2, 0) is 6.42 Å². The maximum atomic E-state index is 12.9. The Morgan fingerprint density at radius 3 is 2.26 bits per heavy atom. The highest BCUT2D eigenvalue weighted by molar-refractivity contribution is 6.14. The van der Waals surface area contributed by atoms with Crippen molar-refractivity contribution < 1.29 is 29.1 Å². The zero-order valence-electron chi connectivity index (χ0n) is 19.0. The highest BCUT2D eigenvalue weighted by atomic mass is 16.6. The third-order valence-corrected chi connectivity index (χ3v) is 5.43. The number of carboxylic acid groups (broad SMARTS) is 1. The minimum absolute atomic E-state index is 0.0288. The number of carbonyl (C=O) groups is 2. The van der Waals surface area contributed by atoms with Gasteiger partial charge in [-0.3, -0.25) is 14.9 Å². The Morgan fingerprint density at radius 2 is 1.65 bits per heavy atom. The van der Waals surface area contributed by atoms with Gasteiger partial charge in [0.25, 0.3) is 5.69 Å². The first kappa shape index (κ1) is 24.2. The maximum Gasteiger partial charge on any atom is 0.336 e. The molecule has 176 valence electrons. The van der Waals surface area contributed by atoms with Gasteiger partial charge in [0.05, 0.1) is 24.7 Å². The van der Waals surface area contributed by atoms with E-state index in [0.717, 1.165) is 5.56 Å². The van der Waals surface area contributed by atoms with E-state index >= 15 is 0 Å². The molecule has 34 heavy (non-hydrogen) atoms. The molecule has 1 N–H and O–H groups in total. The molecule has 0 saturated heterocycles. The number of benzene rings is 3. The molecule has 0 heterocycles. The summed E-state index contributed by atoms with van der Waals surface area (Å²) in [6.45, 7) is 0.464. The Balaban J connectivity index is 1.85. The van der Waals surface area contributed by atoms with Crippen molar-refractivity contribution in [3.8, 4) is 11.5 Å². The first-order valence-corrected chi connectivity index (χ1v) is 10.3.